The van der Waals surface area contributed by atoms with Gasteiger partial charge in [-0.25, -0.2) is 9.97 Å². The molecular weight excluding hydrogens is 290 g/mol. The molecule has 0 aliphatic rings. The summed E-state index contributed by atoms with van der Waals surface area (Å²) >= 11 is 0. The molecule has 0 aliphatic heterocycles. The number of aldehydes is 1. The molecule has 0 fully saturated rings. The molecular formula is C17H17N5O. The third-order valence-corrected chi connectivity index (χ3v) is 3.43. The van der Waals surface area contributed by atoms with Crippen LogP contribution in [0, 0.1) is 13.8 Å². The van der Waals surface area contributed by atoms with E-state index in [-0.39, 0.29) is 0 Å². The number of aryl methyl sites for hydroxylation is 3. The number of nitrogens with one attached hydrogen (secondary N) is 1. The van der Waals surface area contributed by atoms with E-state index in [1.807, 2.05) is 26.0 Å². The van der Waals surface area contributed by atoms with Crippen LogP contribution in [0.15, 0.2) is 36.5 Å². The van der Waals surface area contributed by atoms with Gasteiger partial charge in [0.25, 0.3) is 0 Å². The topological polar surface area (TPSA) is 72.7 Å². The summed E-state index contributed by atoms with van der Waals surface area (Å²) < 4.78 is 1.53. The Labute approximate surface area is 134 Å². The van der Waals surface area contributed by atoms with Gasteiger partial charge in [0.05, 0.1) is 5.69 Å². The van der Waals surface area contributed by atoms with Gasteiger partial charge in [0.2, 0.25) is 5.95 Å². The maximum Gasteiger partial charge on any atom is 0.227 e. The van der Waals surface area contributed by atoms with Crippen molar-refractivity contribution < 1.29 is 4.79 Å². The number of anilines is 2. The minimum absolute atomic E-state index is 0.491. The van der Waals surface area contributed by atoms with Crippen LogP contribution in [0.4, 0.5) is 11.6 Å². The smallest absolute Gasteiger partial charge is 0.227 e. The highest BCUT2D eigenvalue weighted by atomic mass is 16.1. The molecule has 0 aliphatic carbocycles. The van der Waals surface area contributed by atoms with Crippen molar-refractivity contribution in [3.05, 3.63) is 53.3 Å². The standard InChI is InChI=1S/C17H17N5O/c1-11-6-12(2)8-13(7-11)19-17-18-5-4-15(20-17)16-9-14(10-23)22(3)21-16/h4-10H,1-3H3,(H,18,19,20). The van der Waals surface area contributed by atoms with Crippen LogP contribution in [0.3, 0.4) is 0 Å². The predicted octanol–water partition coefficient (Wildman–Crippen LogP) is 3.05. The zero-order valence-electron chi connectivity index (χ0n) is 13.2. The number of hydrogen-bond acceptors (Lipinski definition) is 5. The van der Waals surface area contributed by atoms with Gasteiger partial charge in [-0.15, -0.1) is 0 Å². The van der Waals surface area contributed by atoms with Gasteiger partial charge in [0, 0.05) is 18.9 Å². The average Bonchev–Trinajstić information content (AvgIpc) is 2.87. The van der Waals surface area contributed by atoms with Gasteiger partial charge in [-0.3, -0.25) is 9.48 Å². The van der Waals surface area contributed by atoms with E-state index in [0.717, 1.165) is 12.0 Å². The Morgan fingerprint density at radius 3 is 2.48 bits per heavy atom. The van der Waals surface area contributed by atoms with E-state index < -0.39 is 0 Å². The molecule has 0 bridgehead atoms. The van der Waals surface area contributed by atoms with Gasteiger partial charge in [-0.05, 0) is 49.2 Å². The molecule has 0 unspecified atom stereocenters. The number of carbonyl (C=O) groups excluding carboxylic acids is 1. The first-order valence-corrected chi connectivity index (χ1v) is 7.23. The summed E-state index contributed by atoms with van der Waals surface area (Å²) in [5.74, 6) is 0.491. The molecule has 0 saturated heterocycles. The third-order valence-electron chi connectivity index (χ3n) is 3.43. The average molecular weight is 307 g/mol. The van der Waals surface area contributed by atoms with Crippen molar-refractivity contribution in [1.29, 1.82) is 0 Å². The summed E-state index contributed by atoms with van der Waals surface area (Å²) in [6.07, 6.45) is 2.44. The summed E-state index contributed by atoms with van der Waals surface area (Å²) in [5.41, 5.74) is 5.08. The molecule has 2 heterocycles. The second-order valence-corrected chi connectivity index (χ2v) is 5.46. The lowest BCUT2D eigenvalue weighted by Gasteiger charge is -2.07. The number of aromatic nitrogens is 4. The van der Waals surface area contributed by atoms with Gasteiger partial charge in [-0.1, -0.05) is 6.07 Å². The Balaban J connectivity index is 1.91. The fraction of sp³-hybridized carbons (Fsp3) is 0.176. The molecule has 3 aromatic rings. The highest BCUT2D eigenvalue weighted by Gasteiger charge is 2.09. The molecule has 0 spiro atoms. The summed E-state index contributed by atoms with van der Waals surface area (Å²) in [4.78, 5) is 19.7. The maximum absolute atomic E-state index is 10.9. The first-order valence-electron chi connectivity index (χ1n) is 7.23. The lowest BCUT2D eigenvalue weighted by Crippen LogP contribution is -1.99. The number of hydrogen-bond donors (Lipinski definition) is 1. The molecule has 0 amide bonds. The van der Waals surface area contributed by atoms with Gasteiger partial charge in [0.15, 0.2) is 6.29 Å². The van der Waals surface area contributed by atoms with Gasteiger partial charge in [0.1, 0.15) is 11.4 Å². The lowest BCUT2D eigenvalue weighted by molar-refractivity contribution is 0.111. The van der Waals surface area contributed by atoms with Crippen LogP contribution < -0.4 is 5.32 Å². The highest BCUT2D eigenvalue weighted by molar-refractivity contribution is 5.75. The molecule has 6 nitrogen and oxygen atoms in total. The van der Waals surface area contributed by atoms with Crippen molar-refractivity contribution in [3.8, 4) is 11.4 Å². The van der Waals surface area contributed by atoms with E-state index in [1.54, 1.807) is 25.4 Å². The Morgan fingerprint density at radius 2 is 1.83 bits per heavy atom. The summed E-state index contributed by atoms with van der Waals surface area (Å²) in [6, 6.07) is 9.65. The summed E-state index contributed by atoms with van der Waals surface area (Å²) in [7, 11) is 1.73. The molecule has 0 atom stereocenters. The van der Waals surface area contributed by atoms with Gasteiger partial charge >= 0.3 is 0 Å². The van der Waals surface area contributed by atoms with E-state index >= 15 is 0 Å². The van der Waals surface area contributed by atoms with Crippen molar-refractivity contribution in [2.24, 2.45) is 7.05 Å². The number of carbonyl (C=O) groups is 1. The van der Waals surface area contributed by atoms with Crippen molar-refractivity contribution in [2.75, 3.05) is 5.32 Å². The molecule has 3 rings (SSSR count). The monoisotopic (exact) mass is 307 g/mol. The quantitative estimate of drug-likeness (QED) is 0.750. The van der Waals surface area contributed by atoms with E-state index in [0.29, 0.717) is 23.0 Å². The summed E-state index contributed by atoms with van der Waals surface area (Å²) in [6.45, 7) is 4.09. The minimum Gasteiger partial charge on any atom is -0.324 e. The Kier molecular flexibility index (Phi) is 3.89. The number of benzene rings is 1. The molecule has 1 aromatic carbocycles. The van der Waals surface area contributed by atoms with Crippen LogP contribution in [0.2, 0.25) is 0 Å². The highest BCUT2D eigenvalue weighted by Crippen LogP contribution is 2.20. The zero-order valence-corrected chi connectivity index (χ0v) is 13.2. The van der Waals surface area contributed by atoms with Crippen molar-refractivity contribution in [3.63, 3.8) is 0 Å². The molecule has 6 heteroatoms. The number of nitrogens with zero attached hydrogens (tertiary/aromatic N) is 4. The molecule has 23 heavy (non-hydrogen) atoms. The first kappa shape index (κ1) is 14.9. The SMILES string of the molecule is Cc1cc(C)cc(Nc2nccc(-c3cc(C=O)n(C)n3)n2)c1. The molecule has 0 saturated carbocycles. The molecule has 0 radical (unpaired) electrons. The van der Waals surface area contributed by atoms with Crippen LogP contribution >= 0.6 is 0 Å². The normalized spacial score (nSPS) is 10.6. The lowest BCUT2D eigenvalue weighted by atomic mass is 10.1. The van der Waals surface area contributed by atoms with Crippen molar-refractivity contribution in [1.82, 2.24) is 19.7 Å². The molecule has 116 valence electrons. The van der Waals surface area contributed by atoms with E-state index in [1.165, 1.54) is 15.8 Å². The Bertz CT molecular complexity index is 849. The molecule has 2 aromatic heterocycles. The number of rotatable bonds is 4. The first-order chi connectivity index (χ1) is 11.0. The molecule has 1 N–H and O–H groups in total. The second-order valence-electron chi connectivity index (χ2n) is 5.46. The van der Waals surface area contributed by atoms with E-state index in [2.05, 4.69) is 26.4 Å². The summed E-state index contributed by atoms with van der Waals surface area (Å²) in [5, 5.41) is 7.50. The predicted molar refractivity (Wildman–Crippen MR) is 88.8 cm³/mol. The fourth-order valence-corrected chi connectivity index (χ4v) is 2.45. The largest absolute Gasteiger partial charge is 0.324 e. The second kappa shape index (κ2) is 6.00. The van der Waals surface area contributed by atoms with Crippen LogP contribution in [0.1, 0.15) is 21.6 Å². The van der Waals surface area contributed by atoms with Crippen LogP contribution in [0.5, 0.6) is 0 Å². The third kappa shape index (κ3) is 3.26. The van der Waals surface area contributed by atoms with E-state index in [9.17, 15) is 4.79 Å². The van der Waals surface area contributed by atoms with Crippen LogP contribution in [0.25, 0.3) is 11.4 Å². The van der Waals surface area contributed by atoms with Crippen LogP contribution in [-0.2, 0) is 7.05 Å². The van der Waals surface area contributed by atoms with Gasteiger partial charge in [-0.2, -0.15) is 5.10 Å². The fourth-order valence-electron chi connectivity index (χ4n) is 2.45. The van der Waals surface area contributed by atoms with Crippen LogP contribution in [-0.4, -0.2) is 26.0 Å². The zero-order chi connectivity index (χ0) is 16.4. The minimum atomic E-state index is 0.491. The maximum atomic E-state index is 10.9. The van der Waals surface area contributed by atoms with E-state index in [4.69, 9.17) is 0 Å². The Morgan fingerprint density at radius 1 is 1.09 bits per heavy atom. The Hall–Kier alpha value is -3.02. The van der Waals surface area contributed by atoms with Gasteiger partial charge < -0.3 is 5.32 Å². The van der Waals surface area contributed by atoms with Crippen molar-refractivity contribution >= 4 is 17.9 Å². The van der Waals surface area contributed by atoms with Crippen molar-refractivity contribution in [2.45, 2.75) is 13.8 Å².